The van der Waals surface area contributed by atoms with E-state index in [9.17, 15) is 14.4 Å². The van der Waals surface area contributed by atoms with E-state index >= 15 is 0 Å². The molecular formula is C77H138O6. The molecule has 0 aromatic rings. The van der Waals surface area contributed by atoms with Crippen LogP contribution < -0.4 is 0 Å². The quantitative estimate of drug-likeness (QED) is 0.0261. The van der Waals surface area contributed by atoms with Crippen LogP contribution in [0, 0.1) is 0 Å². The first-order chi connectivity index (χ1) is 41.0. The molecule has 0 saturated carbocycles. The second kappa shape index (κ2) is 71.3. The maximum atomic E-state index is 13.0. The highest BCUT2D eigenvalue weighted by Crippen LogP contribution is 2.18. The van der Waals surface area contributed by atoms with E-state index in [-0.39, 0.29) is 31.1 Å². The summed E-state index contributed by atoms with van der Waals surface area (Å²) < 4.78 is 17.0. The molecular weight excluding hydrogens is 1020 g/mol. The number of esters is 3. The molecule has 0 aliphatic carbocycles. The van der Waals surface area contributed by atoms with Crippen molar-refractivity contribution in [3.63, 3.8) is 0 Å². The smallest absolute Gasteiger partial charge is 0.306 e. The Labute approximate surface area is 516 Å². The molecule has 0 aliphatic rings. The molecule has 83 heavy (non-hydrogen) atoms. The molecule has 0 N–H and O–H groups in total. The van der Waals surface area contributed by atoms with Crippen molar-refractivity contribution in [3.05, 3.63) is 72.9 Å². The fourth-order valence-corrected chi connectivity index (χ4v) is 10.8. The minimum absolute atomic E-state index is 0.0685. The summed E-state index contributed by atoms with van der Waals surface area (Å²) in [5, 5.41) is 0. The number of ether oxygens (including phenoxy) is 3. The first-order valence-corrected chi connectivity index (χ1v) is 36.4. The van der Waals surface area contributed by atoms with Crippen LogP contribution in [-0.2, 0) is 28.6 Å². The molecule has 0 spiro atoms. The summed E-state index contributed by atoms with van der Waals surface area (Å²) in [6.07, 6.45) is 93.6. The Morgan fingerprint density at radius 1 is 0.253 bits per heavy atom. The average Bonchev–Trinajstić information content (AvgIpc) is 3.49. The van der Waals surface area contributed by atoms with Gasteiger partial charge < -0.3 is 14.2 Å². The standard InChI is InChI=1S/C77H138O6/c1-4-7-10-13-16-19-22-25-28-31-33-34-35-36-37-38-39-40-41-42-43-44-45-47-49-52-55-58-61-64-67-70-76(79)82-73-74(72-81-75(78)69-66-63-60-57-54-51-48-30-27-24-21-18-15-12-9-6-3)83-77(80)71-68-65-62-59-56-53-50-46-32-29-26-23-20-17-14-11-8-5-2/h7,10,16,19,25,28,33-34,36-37,39-40,74H,4-6,8-9,11-15,17-18,20-24,26-27,29-32,35,38,41-73H2,1-3H3/b10-7-,19-16-,28-25-,34-33-,37-36-,40-39-. The zero-order valence-electron chi connectivity index (χ0n) is 55.5. The molecule has 0 aromatic heterocycles. The monoisotopic (exact) mass is 1160 g/mol. The lowest BCUT2D eigenvalue weighted by atomic mass is 10.0. The van der Waals surface area contributed by atoms with Crippen LogP contribution in [0.5, 0.6) is 0 Å². The lowest BCUT2D eigenvalue weighted by Crippen LogP contribution is -2.30. The Bertz CT molecular complexity index is 1520. The molecule has 1 unspecified atom stereocenters. The van der Waals surface area contributed by atoms with Gasteiger partial charge in [0.25, 0.3) is 0 Å². The molecule has 6 nitrogen and oxygen atoms in total. The van der Waals surface area contributed by atoms with Crippen molar-refractivity contribution in [1.29, 1.82) is 0 Å². The highest BCUT2D eigenvalue weighted by atomic mass is 16.6. The van der Waals surface area contributed by atoms with Gasteiger partial charge in [-0.1, -0.05) is 363 Å². The molecule has 1 atom stereocenters. The van der Waals surface area contributed by atoms with E-state index < -0.39 is 6.10 Å². The van der Waals surface area contributed by atoms with Gasteiger partial charge in [0.1, 0.15) is 13.2 Å². The van der Waals surface area contributed by atoms with Gasteiger partial charge in [0.2, 0.25) is 0 Å². The van der Waals surface area contributed by atoms with E-state index in [2.05, 4.69) is 93.7 Å². The van der Waals surface area contributed by atoms with Crippen molar-refractivity contribution in [2.24, 2.45) is 0 Å². The normalized spacial score (nSPS) is 12.5. The molecule has 482 valence electrons. The van der Waals surface area contributed by atoms with Crippen molar-refractivity contribution < 1.29 is 28.6 Å². The van der Waals surface area contributed by atoms with Crippen molar-refractivity contribution in [1.82, 2.24) is 0 Å². The lowest BCUT2D eigenvalue weighted by Gasteiger charge is -2.18. The van der Waals surface area contributed by atoms with Crippen LogP contribution in [0.1, 0.15) is 380 Å². The molecule has 0 bridgehead atoms. The van der Waals surface area contributed by atoms with Gasteiger partial charge in [-0.3, -0.25) is 14.4 Å². The van der Waals surface area contributed by atoms with Crippen LogP contribution in [0.4, 0.5) is 0 Å². The zero-order valence-corrected chi connectivity index (χ0v) is 55.5. The Hall–Kier alpha value is -3.15. The molecule has 0 amide bonds. The largest absolute Gasteiger partial charge is 0.462 e. The number of hydrogen-bond acceptors (Lipinski definition) is 6. The van der Waals surface area contributed by atoms with Crippen LogP contribution >= 0.6 is 0 Å². The fraction of sp³-hybridized carbons (Fsp3) is 0.805. The van der Waals surface area contributed by atoms with Crippen LogP contribution in [0.2, 0.25) is 0 Å². The predicted molar refractivity (Wildman–Crippen MR) is 362 cm³/mol. The second-order valence-electron chi connectivity index (χ2n) is 24.5. The van der Waals surface area contributed by atoms with Gasteiger partial charge in [-0.05, 0) is 70.6 Å². The molecule has 0 radical (unpaired) electrons. The van der Waals surface area contributed by atoms with Crippen molar-refractivity contribution in [3.8, 4) is 0 Å². The molecule has 0 aromatic carbocycles. The topological polar surface area (TPSA) is 78.9 Å². The molecule has 6 heteroatoms. The van der Waals surface area contributed by atoms with Crippen molar-refractivity contribution >= 4 is 17.9 Å². The van der Waals surface area contributed by atoms with Gasteiger partial charge in [-0.25, -0.2) is 0 Å². The highest BCUT2D eigenvalue weighted by molar-refractivity contribution is 5.71. The van der Waals surface area contributed by atoms with Crippen molar-refractivity contribution in [2.75, 3.05) is 13.2 Å². The van der Waals surface area contributed by atoms with E-state index in [0.717, 1.165) is 96.3 Å². The van der Waals surface area contributed by atoms with E-state index in [0.29, 0.717) is 19.3 Å². The van der Waals surface area contributed by atoms with Gasteiger partial charge in [0.05, 0.1) is 0 Å². The fourth-order valence-electron chi connectivity index (χ4n) is 10.8. The lowest BCUT2D eigenvalue weighted by molar-refractivity contribution is -0.167. The molecule has 0 aliphatic heterocycles. The Morgan fingerprint density at radius 3 is 0.735 bits per heavy atom. The average molecular weight is 1160 g/mol. The van der Waals surface area contributed by atoms with Crippen LogP contribution in [0.15, 0.2) is 72.9 Å². The maximum Gasteiger partial charge on any atom is 0.306 e. The summed E-state index contributed by atoms with van der Waals surface area (Å²) in [5.74, 6) is -0.842. The highest BCUT2D eigenvalue weighted by Gasteiger charge is 2.19. The number of hydrogen-bond donors (Lipinski definition) is 0. The van der Waals surface area contributed by atoms with Crippen LogP contribution in [-0.4, -0.2) is 37.2 Å². The second-order valence-corrected chi connectivity index (χ2v) is 24.5. The third kappa shape index (κ3) is 69.5. The minimum atomic E-state index is -0.773. The Morgan fingerprint density at radius 2 is 0.470 bits per heavy atom. The molecule has 0 heterocycles. The first kappa shape index (κ1) is 79.8. The summed E-state index contributed by atoms with van der Waals surface area (Å²) in [6.45, 7) is 6.60. The van der Waals surface area contributed by atoms with Gasteiger partial charge in [-0.15, -0.1) is 0 Å². The van der Waals surface area contributed by atoms with E-state index in [1.807, 2.05) is 0 Å². The van der Waals surface area contributed by atoms with Gasteiger partial charge >= 0.3 is 17.9 Å². The number of rotatable bonds is 67. The Kier molecular flexibility index (Phi) is 68.6. The van der Waals surface area contributed by atoms with Gasteiger partial charge in [-0.2, -0.15) is 0 Å². The summed E-state index contributed by atoms with van der Waals surface area (Å²) in [4.78, 5) is 38.5. The van der Waals surface area contributed by atoms with Crippen LogP contribution in [0.3, 0.4) is 0 Å². The summed E-state index contributed by atoms with van der Waals surface area (Å²) in [7, 11) is 0. The van der Waals surface area contributed by atoms with E-state index in [1.165, 1.54) is 244 Å². The van der Waals surface area contributed by atoms with E-state index in [4.69, 9.17) is 14.2 Å². The van der Waals surface area contributed by atoms with Gasteiger partial charge in [0.15, 0.2) is 6.10 Å². The van der Waals surface area contributed by atoms with E-state index in [1.54, 1.807) is 0 Å². The zero-order chi connectivity index (χ0) is 59.9. The maximum absolute atomic E-state index is 13.0. The van der Waals surface area contributed by atoms with Crippen molar-refractivity contribution in [2.45, 2.75) is 386 Å². The first-order valence-electron chi connectivity index (χ1n) is 36.4. The third-order valence-corrected chi connectivity index (χ3v) is 16.2. The molecule has 0 fully saturated rings. The molecule has 0 saturated heterocycles. The summed E-state index contributed by atoms with van der Waals surface area (Å²) >= 11 is 0. The number of carbonyl (C=O) groups is 3. The van der Waals surface area contributed by atoms with Crippen LogP contribution in [0.25, 0.3) is 0 Å². The molecule has 0 rings (SSSR count). The third-order valence-electron chi connectivity index (χ3n) is 16.2. The predicted octanol–water partition coefficient (Wildman–Crippen LogP) is 25.2. The SMILES string of the molecule is CC/C=C\C/C=C\C/C=C\C/C=C\C/C=C\C/C=C\CCCCCCCCCCCCCCC(=O)OCC(COC(=O)CCCCCCCCCCCCCCCCCC)OC(=O)CCCCCCCCCCCCCCCCCCCC. The number of allylic oxidation sites excluding steroid dienone is 12. The summed E-state index contributed by atoms with van der Waals surface area (Å²) in [5.41, 5.74) is 0. The summed E-state index contributed by atoms with van der Waals surface area (Å²) in [6, 6.07) is 0. The van der Waals surface area contributed by atoms with Gasteiger partial charge in [0, 0.05) is 19.3 Å². The number of carbonyl (C=O) groups excluding carboxylic acids is 3. The Balaban J connectivity index is 4.25. The number of unbranched alkanes of at least 4 members (excludes halogenated alkanes) is 44. The minimum Gasteiger partial charge on any atom is -0.462 e.